The van der Waals surface area contributed by atoms with E-state index in [9.17, 15) is 4.79 Å². The minimum Gasteiger partial charge on any atom is -0.360 e. The Balaban J connectivity index is 1.78. The number of H-pyrrole nitrogens is 1. The zero-order valence-corrected chi connectivity index (χ0v) is 12.1. The first-order valence-electron chi connectivity index (χ1n) is 7.63. The number of ketones is 1. The van der Waals surface area contributed by atoms with Crippen LogP contribution < -0.4 is 0 Å². The quantitative estimate of drug-likeness (QED) is 0.861. The Morgan fingerprint density at radius 1 is 1.35 bits per heavy atom. The molecule has 0 saturated carbocycles. The van der Waals surface area contributed by atoms with Crippen molar-refractivity contribution in [1.82, 2.24) is 9.88 Å². The number of nitrogens with one attached hydrogen (secondary N) is 1. The Hall–Kier alpha value is -1.61. The third-order valence-electron chi connectivity index (χ3n) is 4.46. The van der Waals surface area contributed by atoms with Crippen LogP contribution in [0.2, 0.25) is 0 Å². The molecule has 20 heavy (non-hydrogen) atoms. The van der Waals surface area contributed by atoms with Crippen molar-refractivity contribution < 1.29 is 4.79 Å². The average molecular weight is 270 g/mol. The van der Waals surface area contributed by atoms with Gasteiger partial charge in [0.05, 0.1) is 6.54 Å². The Bertz CT molecular complexity index is 602. The van der Waals surface area contributed by atoms with Crippen molar-refractivity contribution in [2.75, 3.05) is 13.1 Å². The number of rotatable bonds is 4. The van der Waals surface area contributed by atoms with E-state index in [4.69, 9.17) is 0 Å². The molecule has 0 aliphatic carbocycles. The van der Waals surface area contributed by atoms with Crippen LogP contribution in [0.3, 0.4) is 0 Å². The van der Waals surface area contributed by atoms with E-state index in [-0.39, 0.29) is 5.78 Å². The van der Waals surface area contributed by atoms with Crippen LogP contribution in [0.1, 0.15) is 43.0 Å². The number of para-hydroxylation sites is 1. The minimum absolute atomic E-state index is 0.239. The number of Topliss-reactive ketones (excluding diaryl/α,β-unsaturated/α-hetero) is 1. The molecule has 3 nitrogen and oxygen atoms in total. The fourth-order valence-electron chi connectivity index (χ4n) is 3.30. The second-order valence-electron chi connectivity index (χ2n) is 5.70. The predicted molar refractivity (Wildman–Crippen MR) is 82.1 cm³/mol. The van der Waals surface area contributed by atoms with Crippen molar-refractivity contribution in [3.63, 3.8) is 0 Å². The first kappa shape index (κ1) is 13.4. The molecule has 1 aliphatic rings. The summed E-state index contributed by atoms with van der Waals surface area (Å²) in [5, 5.41) is 1.04. The number of carbonyl (C=O) groups is 1. The van der Waals surface area contributed by atoms with E-state index in [2.05, 4.69) is 16.8 Å². The van der Waals surface area contributed by atoms with Crippen LogP contribution in [0.5, 0.6) is 0 Å². The van der Waals surface area contributed by atoms with E-state index in [0.29, 0.717) is 12.6 Å². The number of aromatic nitrogens is 1. The molecule has 0 unspecified atom stereocenters. The largest absolute Gasteiger partial charge is 0.360 e. The van der Waals surface area contributed by atoms with Gasteiger partial charge >= 0.3 is 0 Å². The van der Waals surface area contributed by atoms with Crippen LogP contribution in [0.25, 0.3) is 10.9 Å². The monoisotopic (exact) mass is 270 g/mol. The number of benzene rings is 1. The molecule has 1 saturated heterocycles. The van der Waals surface area contributed by atoms with E-state index in [1.165, 1.54) is 19.3 Å². The minimum atomic E-state index is 0.239. The van der Waals surface area contributed by atoms with Crippen molar-refractivity contribution in [2.24, 2.45) is 0 Å². The Morgan fingerprint density at radius 2 is 2.20 bits per heavy atom. The number of hydrogen-bond acceptors (Lipinski definition) is 2. The highest BCUT2D eigenvalue weighted by Gasteiger charge is 2.24. The van der Waals surface area contributed by atoms with Gasteiger partial charge in [-0.1, -0.05) is 31.5 Å². The van der Waals surface area contributed by atoms with Crippen LogP contribution in [0.4, 0.5) is 0 Å². The highest BCUT2D eigenvalue weighted by Crippen LogP contribution is 2.22. The van der Waals surface area contributed by atoms with E-state index in [0.717, 1.165) is 29.4 Å². The number of hydrogen-bond donors (Lipinski definition) is 1. The van der Waals surface area contributed by atoms with Gasteiger partial charge in [0.1, 0.15) is 0 Å². The van der Waals surface area contributed by atoms with E-state index in [1.54, 1.807) is 0 Å². The lowest BCUT2D eigenvalue weighted by Crippen LogP contribution is -2.42. The number of nitrogens with zero attached hydrogens (tertiary/aromatic N) is 1. The van der Waals surface area contributed by atoms with Gasteiger partial charge in [0, 0.05) is 28.7 Å². The maximum atomic E-state index is 12.6. The third-order valence-corrected chi connectivity index (χ3v) is 4.46. The molecule has 3 rings (SSSR count). The first-order chi connectivity index (χ1) is 9.79. The summed E-state index contributed by atoms with van der Waals surface area (Å²) in [6.45, 7) is 3.84. The van der Waals surface area contributed by atoms with Gasteiger partial charge in [0.2, 0.25) is 0 Å². The Kier molecular flexibility index (Phi) is 3.88. The molecule has 1 N–H and O–H groups in total. The van der Waals surface area contributed by atoms with Crippen molar-refractivity contribution in [1.29, 1.82) is 0 Å². The maximum absolute atomic E-state index is 12.6. The van der Waals surface area contributed by atoms with Gasteiger partial charge in [0.15, 0.2) is 5.78 Å². The second kappa shape index (κ2) is 5.80. The SMILES string of the molecule is CC[C@H]1CCCCN1CC(=O)c1c[nH]c2ccccc12. The summed E-state index contributed by atoms with van der Waals surface area (Å²) in [5.41, 5.74) is 1.88. The molecule has 3 heteroatoms. The molecule has 0 amide bonds. The van der Waals surface area contributed by atoms with Crippen LogP contribution in [0.15, 0.2) is 30.5 Å². The van der Waals surface area contributed by atoms with Gasteiger partial charge in [0.25, 0.3) is 0 Å². The van der Waals surface area contributed by atoms with E-state index in [1.807, 2.05) is 30.5 Å². The first-order valence-corrected chi connectivity index (χ1v) is 7.63. The summed E-state index contributed by atoms with van der Waals surface area (Å²) in [5.74, 6) is 0.239. The third kappa shape index (κ3) is 2.50. The molecule has 1 aromatic carbocycles. The van der Waals surface area contributed by atoms with E-state index < -0.39 is 0 Å². The summed E-state index contributed by atoms with van der Waals surface area (Å²) in [4.78, 5) is 18.1. The molecular formula is C17H22N2O. The van der Waals surface area contributed by atoms with Crippen LogP contribution in [-0.2, 0) is 0 Å². The summed E-state index contributed by atoms with van der Waals surface area (Å²) >= 11 is 0. The standard InChI is InChI=1S/C17H22N2O/c1-2-13-7-5-6-10-19(13)12-17(20)15-11-18-16-9-4-3-8-14(15)16/h3-4,8-9,11,13,18H,2,5-7,10,12H2,1H3/t13-/m0/s1. The summed E-state index contributed by atoms with van der Waals surface area (Å²) in [6, 6.07) is 8.60. The van der Waals surface area contributed by atoms with Gasteiger partial charge in [-0.05, 0) is 31.9 Å². The van der Waals surface area contributed by atoms with Crippen molar-refractivity contribution in [3.05, 3.63) is 36.0 Å². The maximum Gasteiger partial charge on any atom is 0.178 e. The zero-order valence-electron chi connectivity index (χ0n) is 12.1. The van der Waals surface area contributed by atoms with Crippen LogP contribution >= 0.6 is 0 Å². The Morgan fingerprint density at radius 3 is 3.05 bits per heavy atom. The molecule has 106 valence electrons. The van der Waals surface area contributed by atoms with Gasteiger partial charge in [-0.3, -0.25) is 9.69 Å². The number of piperidine rings is 1. The molecule has 1 atom stereocenters. The smallest absolute Gasteiger partial charge is 0.178 e. The van der Waals surface area contributed by atoms with Gasteiger partial charge in [-0.2, -0.15) is 0 Å². The topological polar surface area (TPSA) is 36.1 Å². The summed E-state index contributed by atoms with van der Waals surface area (Å²) < 4.78 is 0. The van der Waals surface area contributed by atoms with Crippen LogP contribution in [0, 0.1) is 0 Å². The fraction of sp³-hybridized carbons (Fsp3) is 0.471. The zero-order chi connectivity index (χ0) is 13.9. The predicted octanol–water partition coefficient (Wildman–Crippen LogP) is 3.62. The average Bonchev–Trinajstić information content (AvgIpc) is 2.92. The molecule has 1 aliphatic heterocycles. The lowest BCUT2D eigenvalue weighted by Gasteiger charge is -2.34. The highest BCUT2D eigenvalue weighted by atomic mass is 16.1. The Labute approximate surface area is 120 Å². The van der Waals surface area contributed by atoms with Crippen molar-refractivity contribution >= 4 is 16.7 Å². The van der Waals surface area contributed by atoms with E-state index >= 15 is 0 Å². The van der Waals surface area contributed by atoms with Gasteiger partial charge in [-0.15, -0.1) is 0 Å². The number of likely N-dealkylation sites (tertiary alicyclic amines) is 1. The number of fused-ring (bicyclic) bond motifs is 1. The second-order valence-corrected chi connectivity index (χ2v) is 5.70. The fourth-order valence-corrected chi connectivity index (χ4v) is 3.30. The lowest BCUT2D eigenvalue weighted by atomic mass is 9.99. The highest BCUT2D eigenvalue weighted by molar-refractivity contribution is 6.08. The number of aromatic amines is 1. The van der Waals surface area contributed by atoms with Crippen LogP contribution in [-0.4, -0.2) is 34.8 Å². The van der Waals surface area contributed by atoms with Gasteiger partial charge in [-0.25, -0.2) is 0 Å². The van der Waals surface area contributed by atoms with Crippen molar-refractivity contribution in [2.45, 2.75) is 38.6 Å². The molecule has 0 bridgehead atoms. The van der Waals surface area contributed by atoms with Crippen molar-refractivity contribution in [3.8, 4) is 0 Å². The molecule has 1 fully saturated rings. The summed E-state index contributed by atoms with van der Waals surface area (Å²) in [6.07, 6.45) is 6.75. The molecule has 0 spiro atoms. The normalized spacial score (nSPS) is 20.4. The molecule has 0 radical (unpaired) electrons. The molecule has 1 aromatic heterocycles. The van der Waals surface area contributed by atoms with Gasteiger partial charge < -0.3 is 4.98 Å². The lowest BCUT2D eigenvalue weighted by molar-refractivity contribution is 0.0840. The molecule has 2 heterocycles. The molecular weight excluding hydrogens is 248 g/mol. The number of carbonyl (C=O) groups excluding carboxylic acids is 1. The molecule has 2 aromatic rings. The summed E-state index contributed by atoms with van der Waals surface area (Å²) in [7, 11) is 0.